The van der Waals surface area contributed by atoms with Gasteiger partial charge in [-0.25, -0.2) is 14.2 Å². The molecule has 8 heteroatoms. The van der Waals surface area contributed by atoms with Gasteiger partial charge >= 0.3 is 6.09 Å². The maximum absolute atomic E-state index is 15.0. The van der Waals surface area contributed by atoms with Crippen LogP contribution in [0.15, 0.2) is 60.8 Å². The zero-order chi connectivity index (χ0) is 26.9. The fourth-order valence-corrected chi connectivity index (χ4v) is 5.45. The van der Waals surface area contributed by atoms with Gasteiger partial charge in [0.15, 0.2) is 0 Å². The molecular weight excluding hydrogens is 483 g/mol. The molecule has 38 heavy (non-hydrogen) atoms. The van der Waals surface area contributed by atoms with Crippen LogP contribution >= 0.6 is 0 Å². The summed E-state index contributed by atoms with van der Waals surface area (Å²) in [5, 5.41) is 12.1. The Hall–Kier alpha value is -3.78. The molecule has 0 bridgehead atoms. The van der Waals surface area contributed by atoms with Crippen molar-refractivity contribution in [2.75, 3.05) is 12.4 Å². The van der Waals surface area contributed by atoms with E-state index in [0.717, 1.165) is 55.2 Å². The minimum Gasteiger partial charge on any atom is -0.465 e. The summed E-state index contributed by atoms with van der Waals surface area (Å²) in [6.07, 6.45) is 5.82. The number of nitrogens with zero attached hydrogens (tertiary/aromatic N) is 2. The number of aromatic nitrogens is 1. The number of benzene rings is 2. The van der Waals surface area contributed by atoms with Gasteiger partial charge in [0, 0.05) is 42.4 Å². The molecule has 5 rings (SSSR count). The number of anilines is 1. The molecule has 2 saturated carbocycles. The lowest BCUT2D eigenvalue weighted by Crippen LogP contribution is -2.38. The predicted molar refractivity (Wildman–Crippen MR) is 145 cm³/mol. The zero-order valence-electron chi connectivity index (χ0n) is 21.5. The zero-order valence-corrected chi connectivity index (χ0v) is 21.5. The molecule has 2 aliphatic carbocycles. The summed E-state index contributed by atoms with van der Waals surface area (Å²) in [5.74, 6) is 0.212. The molecule has 2 aromatic carbocycles. The van der Waals surface area contributed by atoms with Gasteiger partial charge in [0.1, 0.15) is 11.6 Å². The number of hydrogen-bond donors (Lipinski definition) is 3. The number of amides is 2. The second-order valence-corrected chi connectivity index (χ2v) is 10.7. The highest BCUT2D eigenvalue weighted by atomic mass is 19.1. The standard InChI is InChI=1S/C30H33FN4O3/c1-35(29(37)38)22-10-7-19(8-11-22)15-28(36)34-27-17-23(20-5-3-2-4-6-20)24(18-33-27)21-9-12-25(26(31)16-21)30(32)13-14-30/h2-6,9,12,16-19,22H,7-8,10-11,13-15,32H2,1H3,(H,37,38)(H,33,34,36)/t19-,22-. The van der Waals surface area contributed by atoms with Crippen LogP contribution in [0, 0.1) is 11.7 Å². The summed E-state index contributed by atoms with van der Waals surface area (Å²) in [7, 11) is 1.60. The molecule has 0 aliphatic heterocycles. The topological polar surface area (TPSA) is 109 Å². The first-order valence-corrected chi connectivity index (χ1v) is 13.1. The number of halogens is 1. The van der Waals surface area contributed by atoms with E-state index in [-0.39, 0.29) is 23.7 Å². The average molecular weight is 517 g/mol. The summed E-state index contributed by atoms with van der Waals surface area (Å²) >= 11 is 0. The van der Waals surface area contributed by atoms with E-state index in [4.69, 9.17) is 5.73 Å². The Balaban J connectivity index is 1.32. The van der Waals surface area contributed by atoms with Crippen molar-refractivity contribution in [3.8, 4) is 22.3 Å². The van der Waals surface area contributed by atoms with E-state index in [1.165, 1.54) is 11.0 Å². The molecule has 2 amide bonds. The summed E-state index contributed by atoms with van der Waals surface area (Å²) in [4.78, 5) is 29.9. The lowest BCUT2D eigenvalue weighted by Gasteiger charge is -2.32. The van der Waals surface area contributed by atoms with Crippen LogP contribution in [0.2, 0.25) is 0 Å². The molecule has 0 spiro atoms. The monoisotopic (exact) mass is 516 g/mol. The lowest BCUT2D eigenvalue weighted by atomic mass is 9.83. The molecule has 7 nitrogen and oxygen atoms in total. The van der Waals surface area contributed by atoms with E-state index >= 15 is 0 Å². The van der Waals surface area contributed by atoms with Gasteiger partial charge in [-0.2, -0.15) is 0 Å². The third-order valence-electron chi connectivity index (χ3n) is 8.00. The molecule has 1 heterocycles. The smallest absolute Gasteiger partial charge is 0.407 e. The van der Waals surface area contributed by atoms with Gasteiger partial charge in [-0.15, -0.1) is 0 Å². The lowest BCUT2D eigenvalue weighted by molar-refractivity contribution is -0.117. The Kier molecular flexibility index (Phi) is 7.17. The largest absolute Gasteiger partial charge is 0.465 e. The van der Waals surface area contributed by atoms with Crippen LogP contribution in [-0.4, -0.2) is 40.1 Å². The number of rotatable bonds is 7. The van der Waals surface area contributed by atoms with Gasteiger partial charge in [-0.3, -0.25) is 4.79 Å². The summed E-state index contributed by atoms with van der Waals surface area (Å²) < 4.78 is 15.0. The first-order valence-electron chi connectivity index (χ1n) is 13.1. The van der Waals surface area contributed by atoms with E-state index in [9.17, 15) is 19.1 Å². The SMILES string of the molecule is CN(C(=O)O)[C@H]1CC[C@H](CC(=O)Nc2cc(-c3ccccc3)c(-c3ccc(C4(N)CC4)c(F)c3)cn2)CC1. The quantitative estimate of drug-likeness (QED) is 0.357. The average Bonchev–Trinajstić information content (AvgIpc) is 3.66. The second kappa shape index (κ2) is 10.5. The van der Waals surface area contributed by atoms with Gasteiger partial charge in [0.05, 0.1) is 0 Å². The Bertz CT molecular complexity index is 1330. The van der Waals surface area contributed by atoms with Crippen LogP contribution in [0.3, 0.4) is 0 Å². The van der Waals surface area contributed by atoms with Crippen molar-refractivity contribution in [2.24, 2.45) is 11.7 Å². The first-order chi connectivity index (χ1) is 18.2. The van der Waals surface area contributed by atoms with Crippen LogP contribution in [0.25, 0.3) is 22.3 Å². The minimum atomic E-state index is -0.917. The molecule has 0 unspecified atom stereocenters. The van der Waals surface area contributed by atoms with Gasteiger partial charge in [-0.1, -0.05) is 42.5 Å². The summed E-state index contributed by atoms with van der Waals surface area (Å²) in [5.41, 5.74) is 9.46. The highest BCUT2D eigenvalue weighted by Gasteiger charge is 2.42. The second-order valence-electron chi connectivity index (χ2n) is 10.7. The number of carbonyl (C=O) groups excluding carboxylic acids is 1. The molecule has 1 aromatic heterocycles. The first kappa shape index (κ1) is 25.9. The van der Waals surface area contributed by atoms with Crippen molar-refractivity contribution in [3.05, 3.63) is 72.2 Å². The molecular formula is C30H33FN4O3. The maximum Gasteiger partial charge on any atom is 0.407 e. The molecule has 3 aromatic rings. The van der Waals surface area contributed by atoms with Crippen molar-refractivity contribution in [3.63, 3.8) is 0 Å². The van der Waals surface area contributed by atoms with E-state index in [0.29, 0.717) is 23.4 Å². The molecule has 2 fully saturated rings. The number of carbonyl (C=O) groups is 2. The fourth-order valence-electron chi connectivity index (χ4n) is 5.45. The fraction of sp³-hybridized carbons (Fsp3) is 0.367. The highest BCUT2D eigenvalue weighted by Crippen LogP contribution is 2.44. The third-order valence-corrected chi connectivity index (χ3v) is 8.00. The van der Waals surface area contributed by atoms with Crippen LogP contribution in [0.1, 0.15) is 50.5 Å². The Morgan fingerprint density at radius 2 is 1.76 bits per heavy atom. The molecule has 198 valence electrons. The van der Waals surface area contributed by atoms with Crippen LogP contribution in [0.4, 0.5) is 15.0 Å². The molecule has 4 N–H and O–H groups in total. The number of nitrogens with one attached hydrogen (secondary N) is 1. The van der Waals surface area contributed by atoms with E-state index in [1.54, 1.807) is 19.3 Å². The Morgan fingerprint density at radius 1 is 1.05 bits per heavy atom. The van der Waals surface area contributed by atoms with E-state index < -0.39 is 11.6 Å². The predicted octanol–water partition coefficient (Wildman–Crippen LogP) is 6.00. The van der Waals surface area contributed by atoms with E-state index in [1.807, 2.05) is 42.5 Å². The van der Waals surface area contributed by atoms with Gasteiger partial charge < -0.3 is 21.1 Å². The number of nitrogens with two attached hydrogens (primary N) is 1. The van der Waals surface area contributed by atoms with Crippen molar-refractivity contribution < 1.29 is 19.1 Å². The summed E-state index contributed by atoms with van der Waals surface area (Å²) in [6, 6.07) is 16.8. The number of carboxylic acid groups (broad SMARTS) is 1. The number of hydrogen-bond acceptors (Lipinski definition) is 4. The normalized spacial score (nSPS) is 20.0. The summed E-state index contributed by atoms with van der Waals surface area (Å²) in [6.45, 7) is 0. The van der Waals surface area contributed by atoms with Gasteiger partial charge in [0.2, 0.25) is 5.91 Å². The van der Waals surface area contributed by atoms with Crippen LogP contribution < -0.4 is 11.1 Å². The Labute approximate surface area is 221 Å². The maximum atomic E-state index is 15.0. The van der Waals surface area contributed by atoms with E-state index in [2.05, 4.69) is 10.3 Å². The van der Waals surface area contributed by atoms with Gasteiger partial charge in [-0.05, 0) is 73.3 Å². The molecule has 0 saturated heterocycles. The van der Waals surface area contributed by atoms with Crippen molar-refractivity contribution >= 4 is 17.8 Å². The minimum absolute atomic E-state index is 0.00742. The van der Waals surface area contributed by atoms with Crippen LogP contribution in [0.5, 0.6) is 0 Å². The third kappa shape index (κ3) is 5.55. The highest BCUT2D eigenvalue weighted by molar-refractivity contribution is 5.92. The Morgan fingerprint density at radius 3 is 2.39 bits per heavy atom. The van der Waals surface area contributed by atoms with Crippen molar-refractivity contribution in [2.45, 2.75) is 56.5 Å². The van der Waals surface area contributed by atoms with Gasteiger partial charge in [0.25, 0.3) is 0 Å². The molecule has 0 atom stereocenters. The number of pyridine rings is 1. The molecule has 2 aliphatic rings. The van der Waals surface area contributed by atoms with Crippen molar-refractivity contribution in [1.29, 1.82) is 0 Å². The van der Waals surface area contributed by atoms with Crippen LogP contribution in [-0.2, 0) is 10.3 Å². The van der Waals surface area contributed by atoms with Crippen molar-refractivity contribution in [1.82, 2.24) is 9.88 Å². The molecule has 0 radical (unpaired) electrons.